The lowest BCUT2D eigenvalue weighted by Gasteiger charge is -2.14. The Kier molecular flexibility index (Phi) is 6.53. The highest BCUT2D eigenvalue weighted by molar-refractivity contribution is 5.88. The topological polar surface area (TPSA) is 110 Å². The number of aliphatic imine (C=N–C) groups is 1. The lowest BCUT2D eigenvalue weighted by atomic mass is 10.1. The van der Waals surface area contributed by atoms with Gasteiger partial charge >= 0.3 is 11.9 Å². The average molecular weight is 464 g/mol. The average Bonchev–Trinajstić information content (AvgIpc) is 3.67. The van der Waals surface area contributed by atoms with E-state index in [1.165, 1.54) is 18.3 Å². The molecule has 1 heterocycles. The van der Waals surface area contributed by atoms with Crippen molar-refractivity contribution in [2.24, 2.45) is 10.7 Å². The molecule has 174 valence electrons. The van der Waals surface area contributed by atoms with Crippen LogP contribution >= 0.6 is 0 Å². The Hall–Kier alpha value is -4.27. The molecule has 4 N–H and O–H groups in total. The number of aromatic nitrogens is 1. The number of carboxylic acid groups (broad SMARTS) is 1. The lowest BCUT2D eigenvalue weighted by molar-refractivity contribution is -0.166. The predicted molar refractivity (Wildman–Crippen MR) is 125 cm³/mol. The summed E-state index contributed by atoms with van der Waals surface area (Å²) in [4.78, 5) is 19.5. The van der Waals surface area contributed by atoms with Crippen molar-refractivity contribution < 1.29 is 23.4 Å². The number of nitrogens with two attached hydrogens (primary N) is 1. The molecule has 1 fully saturated rings. The Bertz CT molecular complexity index is 1240. The molecule has 34 heavy (non-hydrogen) atoms. The number of nitrogens with one attached hydrogen (secondary N) is 1. The number of pyridine rings is 1. The van der Waals surface area contributed by atoms with E-state index in [4.69, 9.17) is 15.6 Å². The van der Waals surface area contributed by atoms with Gasteiger partial charge in [-0.25, -0.2) is 9.78 Å². The van der Waals surface area contributed by atoms with Crippen LogP contribution in [0.2, 0.25) is 0 Å². The molecular formula is C25H22F2N4O3. The highest BCUT2D eigenvalue weighted by Crippen LogP contribution is 2.31. The summed E-state index contributed by atoms with van der Waals surface area (Å²) < 4.78 is 33.7. The van der Waals surface area contributed by atoms with E-state index in [1.807, 2.05) is 30.3 Å². The minimum Gasteiger partial charge on any atom is -0.477 e. The van der Waals surface area contributed by atoms with Gasteiger partial charge in [-0.1, -0.05) is 42.5 Å². The summed E-state index contributed by atoms with van der Waals surface area (Å²) in [5.41, 5.74) is 7.15. The molecule has 7 nitrogen and oxygen atoms in total. The van der Waals surface area contributed by atoms with E-state index in [2.05, 4.69) is 15.3 Å². The first-order valence-corrected chi connectivity index (χ1v) is 10.5. The smallest absolute Gasteiger partial charge is 0.379 e. The van der Waals surface area contributed by atoms with Crippen molar-refractivity contribution >= 4 is 29.4 Å². The van der Waals surface area contributed by atoms with Crippen LogP contribution in [0.1, 0.15) is 24.0 Å². The van der Waals surface area contributed by atoms with Crippen molar-refractivity contribution in [2.75, 3.05) is 5.32 Å². The second kappa shape index (κ2) is 9.70. The van der Waals surface area contributed by atoms with E-state index in [0.717, 1.165) is 30.5 Å². The van der Waals surface area contributed by atoms with Crippen molar-refractivity contribution in [3.05, 3.63) is 89.8 Å². The monoisotopic (exact) mass is 464 g/mol. The van der Waals surface area contributed by atoms with Crippen molar-refractivity contribution in [1.82, 2.24) is 4.98 Å². The van der Waals surface area contributed by atoms with E-state index in [1.54, 1.807) is 18.3 Å². The van der Waals surface area contributed by atoms with Crippen molar-refractivity contribution in [1.29, 1.82) is 0 Å². The number of anilines is 2. The second-order valence-corrected chi connectivity index (χ2v) is 7.72. The molecule has 9 heteroatoms. The molecule has 0 atom stereocenters. The number of alkyl halides is 2. The number of carbonyl (C=O) groups is 1. The van der Waals surface area contributed by atoms with Gasteiger partial charge in [0.2, 0.25) is 0 Å². The van der Waals surface area contributed by atoms with E-state index >= 15 is 0 Å². The Morgan fingerprint density at radius 1 is 1.15 bits per heavy atom. The number of ether oxygens (including phenoxy) is 1. The highest BCUT2D eigenvalue weighted by Gasteiger charge is 2.41. The summed E-state index contributed by atoms with van der Waals surface area (Å²) in [6, 6.07) is 17.8. The van der Waals surface area contributed by atoms with E-state index in [9.17, 15) is 13.6 Å². The maximum absolute atomic E-state index is 13.9. The van der Waals surface area contributed by atoms with Crippen LogP contribution in [0.15, 0.2) is 83.7 Å². The van der Waals surface area contributed by atoms with Gasteiger partial charge in [0.15, 0.2) is 5.76 Å². The maximum Gasteiger partial charge on any atom is 0.379 e. The zero-order valence-corrected chi connectivity index (χ0v) is 18.0. The second-order valence-electron chi connectivity index (χ2n) is 7.72. The standard InChI is InChI=1S/C25H22F2N4O3/c26-25(27,24(32)33)17-7-4-8-19(13-17)31-22-14-20(11-12-29-22)34-21(15-30-18-9-10-18)23(28)16-5-2-1-3-6-16/h1-8,11-15,18H,9-10,28H2,(H,29,31)(H,32,33)/b23-21+,30-15?. The van der Waals surface area contributed by atoms with Crippen molar-refractivity contribution in [3.63, 3.8) is 0 Å². The molecule has 0 radical (unpaired) electrons. The van der Waals surface area contributed by atoms with Crippen LogP contribution in [-0.2, 0) is 10.7 Å². The van der Waals surface area contributed by atoms with Crippen LogP contribution in [0.5, 0.6) is 5.75 Å². The number of aliphatic carboxylic acids is 1. The van der Waals surface area contributed by atoms with Gasteiger partial charge < -0.3 is 20.9 Å². The number of allylic oxidation sites excluding steroid dienone is 1. The zero-order valence-electron chi connectivity index (χ0n) is 18.0. The molecule has 0 unspecified atom stereocenters. The minimum absolute atomic E-state index is 0.248. The maximum atomic E-state index is 13.9. The van der Waals surface area contributed by atoms with Crippen molar-refractivity contribution in [2.45, 2.75) is 24.8 Å². The summed E-state index contributed by atoms with van der Waals surface area (Å²) in [6.45, 7) is 0. The molecule has 1 saturated carbocycles. The first-order chi connectivity index (χ1) is 16.3. The quantitative estimate of drug-likeness (QED) is 0.306. The van der Waals surface area contributed by atoms with Crippen molar-refractivity contribution in [3.8, 4) is 5.75 Å². The first-order valence-electron chi connectivity index (χ1n) is 10.5. The largest absolute Gasteiger partial charge is 0.477 e. The number of halogens is 2. The SMILES string of the molecule is N/C(=C(\C=NC1CC1)Oc1ccnc(Nc2cccc(C(F)(F)C(=O)O)c2)c1)c1ccccc1. The van der Waals surface area contributed by atoms with Gasteiger partial charge in [0.25, 0.3) is 0 Å². The van der Waals surface area contributed by atoms with Crippen LogP contribution in [0.25, 0.3) is 5.70 Å². The third-order valence-electron chi connectivity index (χ3n) is 5.03. The Morgan fingerprint density at radius 3 is 2.62 bits per heavy atom. The zero-order chi connectivity index (χ0) is 24.1. The fourth-order valence-corrected chi connectivity index (χ4v) is 3.04. The van der Waals surface area contributed by atoms with Gasteiger partial charge in [-0.15, -0.1) is 0 Å². The van der Waals surface area contributed by atoms with Gasteiger partial charge in [0.05, 0.1) is 18.0 Å². The van der Waals surface area contributed by atoms with Gasteiger partial charge in [-0.05, 0) is 31.0 Å². The molecule has 1 aliphatic rings. The van der Waals surface area contributed by atoms with Gasteiger partial charge in [0, 0.05) is 29.1 Å². The molecule has 0 spiro atoms. The Labute approximate surface area is 194 Å². The van der Waals surface area contributed by atoms with Crippen LogP contribution in [-0.4, -0.2) is 28.3 Å². The summed E-state index contributed by atoms with van der Waals surface area (Å²) in [5, 5.41) is 11.7. The molecule has 0 saturated heterocycles. The molecule has 3 aromatic rings. The third-order valence-corrected chi connectivity index (χ3v) is 5.03. The third kappa shape index (κ3) is 5.55. The summed E-state index contributed by atoms with van der Waals surface area (Å²) >= 11 is 0. The number of rotatable bonds is 9. The van der Waals surface area contributed by atoms with Crippen LogP contribution in [0, 0.1) is 0 Å². The predicted octanol–water partition coefficient (Wildman–Crippen LogP) is 4.94. The van der Waals surface area contributed by atoms with Gasteiger partial charge in [-0.2, -0.15) is 8.78 Å². The summed E-state index contributed by atoms with van der Waals surface area (Å²) in [7, 11) is 0. The minimum atomic E-state index is -4.01. The Balaban J connectivity index is 1.57. The first kappa shape index (κ1) is 22.9. The molecule has 0 bridgehead atoms. The van der Waals surface area contributed by atoms with E-state index in [0.29, 0.717) is 23.0 Å². The molecule has 0 aliphatic heterocycles. The lowest BCUT2D eigenvalue weighted by Crippen LogP contribution is -2.25. The van der Waals surface area contributed by atoms with E-state index in [-0.39, 0.29) is 11.7 Å². The number of benzene rings is 2. The highest BCUT2D eigenvalue weighted by atomic mass is 19.3. The molecule has 0 amide bonds. The molecule has 1 aliphatic carbocycles. The van der Waals surface area contributed by atoms with Crippen LogP contribution in [0.3, 0.4) is 0 Å². The molecule has 4 rings (SSSR count). The number of hydrogen-bond donors (Lipinski definition) is 3. The Morgan fingerprint density at radius 2 is 1.91 bits per heavy atom. The molecule has 2 aromatic carbocycles. The normalized spacial score (nSPS) is 14.5. The van der Waals surface area contributed by atoms with Crippen LogP contribution < -0.4 is 15.8 Å². The number of hydrogen-bond acceptors (Lipinski definition) is 6. The summed E-state index contributed by atoms with van der Waals surface area (Å²) in [5.74, 6) is -5.14. The van der Waals surface area contributed by atoms with Crippen LogP contribution in [0.4, 0.5) is 20.3 Å². The fourth-order valence-electron chi connectivity index (χ4n) is 3.04. The fraction of sp³-hybridized carbons (Fsp3) is 0.160. The van der Waals surface area contributed by atoms with E-state index < -0.39 is 17.5 Å². The van der Waals surface area contributed by atoms with Gasteiger partial charge in [0.1, 0.15) is 11.6 Å². The number of nitrogens with zero attached hydrogens (tertiary/aromatic N) is 2. The molecular weight excluding hydrogens is 442 g/mol. The summed E-state index contributed by atoms with van der Waals surface area (Å²) in [6.07, 6.45) is 5.16. The number of carboxylic acids is 1. The van der Waals surface area contributed by atoms with Gasteiger partial charge in [-0.3, -0.25) is 4.99 Å². The molecule has 1 aromatic heterocycles.